The number of ether oxygens (including phenoxy) is 2. The van der Waals surface area contributed by atoms with Gasteiger partial charge in [0, 0.05) is 12.1 Å². The first-order valence-electron chi connectivity index (χ1n) is 11.7. The summed E-state index contributed by atoms with van der Waals surface area (Å²) in [7, 11) is 1.63. The highest BCUT2D eigenvalue weighted by Gasteiger charge is 2.09. The van der Waals surface area contributed by atoms with Crippen molar-refractivity contribution in [2.75, 3.05) is 33.3 Å². The van der Waals surface area contributed by atoms with Crippen molar-refractivity contribution in [3.8, 4) is 11.5 Å². The average Bonchev–Trinajstić information content (AvgIpc) is 2.79. The zero-order valence-electron chi connectivity index (χ0n) is 19.8. The van der Waals surface area contributed by atoms with Crippen LogP contribution in [0.15, 0.2) is 36.4 Å². The normalized spacial score (nSPS) is 11.2. The van der Waals surface area contributed by atoms with Gasteiger partial charge in [0.05, 0.1) is 12.1 Å². The molecule has 4 nitrogen and oxygen atoms in total. The van der Waals surface area contributed by atoms with E-state index in [0.717, 1.165) is 37.2 Å². The quantitative estimate of drug-likeness (QED) is 0.289. The number of halogens is 2. The van der Waals surface area contributed by atoms with E-state index in [0.29, 0.717) is 16.5 Å². The first-order valence-corrected chi connectivity index (χ1v) is 12.1. The van der Waals surface area contributed by atoms with E-state index in [-0.39, 0.29) is 12.4 Å². The van der Waals surface area contributed by atoms with Crippen LogP contribution in [-0.4, -0.2) is 38.2 Å². The molecule has 1 N–H and O–H groups in total. The summed E-state index contributed by atoms with van der Waals surface area (Å²) in [6.45, 7) is 10.1. The third kappa shape index (κ3) is 9.35. The molecule has 0 aliphatic heterocycles. The molecule has 2 aromatic carbocycles. The van der Waals surface area contributed by atoms with Gasteiger partial charge in [-0.3, -0.25) is 0 Å². The summed E-state index contributed by atoms with van der Waals surface area (Å²) in [5, 5.41) is 3.89. The number of hydrogen-bond donors (Lipinski definition) is 1. The van der Waals surface area contributed by atoms with E-state index in [1.165, 1.54) is 50.9 Å². The molecule has 6 heteroatoms. The maximum absolute atomic E-state index is 13.2. The molecule has 178 valence electrons. The number of nitrogens with one attached hydrogen (secondary N) is 1. The molecule has 2 rings (SSSR count). The Morgan fingerprint density at radius 2 is 1.66 bits per heavy atom. The van der Waals surface area contributed by atoms with Crippen molar-refractivity contribution in [2.45, 2.75) is 59.1 Å². The molecule has 0 atom stereocenters. The molecule has 2 aromatic rings. The lowest BCUT2D eigenvalue weighted by molar-refractivity contribution is 0.261. The van der Waals surface area contributed by atoms with Crippen LogP contribution < -0.4 is 14.8 Å². The van der Waals surface area contributed by atoms with E-state index in [4.69, 9.17) is 21.1 Å². The predicted molar refractivity (Wildman–Crippen MR) is 131 cm³/mol. The number of nitrogens with zero attached hydrogens (tertiary/aromatic N) is 1. The highest BCUT2D eigenvalue weighted by Crippen LogP contribution is 2.29. The second-order valence-electron chi connectivity index (χ2n) is 8.09. The molecule has 0 aliphatic rings. The van der Waals surface area contributed by atoms with Crippen molar-refractivity contribution in [2.24, 2.45) is 0 Å². The van der Waals surface area contributed by atoms with Crippen molar-refractivity contribution in [3.63, 3.8) is 0 Å². The fraction of sp³-hybridized carbons (Fsp3) is 0.538. The molecule has 0 fully saturated rings. The van der Waals surface area contributed by atoms with Crippen molar-refractivity contribution < 1.29 is 13.9 Å². The third-order valence-electron chi connectivity index (χ3n) is 5.44. The molecule has 0 spiro atoms. The molecule has 32 heavy (non-hydrogen) atoms. The topological polar surface area (TPSA) is 33.7 Å². The SMILES string of the molecule is CCCCN(CCCC)CCCNCc1ccc(OCc2ccc(F)cc2Cl)c(OC)c1. The fourth-order valence-electron chi connectivity index (χ4n) is 3.49. The lowest BCUT2D eigenvalue weighted by Gasteiger charge is -2.22. The molecule has 0 heterocycles. The van der Waals surface area contributed by atoms with E-state index < -0.39 is 0 Å². The molecule has 0 radical (unpaired) electrons. The Kier molecular flexibility index (Phi) is 12.5. The number of hydrogen-bond acceptors (Lipinski definition) is 4. The van der Waals surface area contributed by atoms with E-state index in [1.807, 2.05) is 18.2 Å². The highest BCUT2D eigenvalue weighted by atomic mass is 35.5. The largest absolute Gasteiger partial charge is 0.493 e. The van der Waals surface area contributed by atoms with Crippen LogP contribution in [0.4, 0.5) is 4.39 Å². The molecule has 0 aromatic heterocycles. The van der Waals surface area contributed by atoms with E-state index in [9.17, 15) is 4.39 Å². The minimum atomic E-state index is -0.359. The Balaban J connectivity index is 1.79. The number of unbranched alkanes of at least 4 members (excludes halogenated alkanes) is 2. The van der Waals surface area contributed by atoms with Crippen LogP contribution in [-0.2, 0) is 13.2 Å². The van der Waals surface area contributed by atoms with Crippen LogP contribution in [0.1, 0.15) is 57.1 Å². The average molecular weight is 465 g/mol. The lowest BCUT2D eigenvalue weighted by Crippen LogP contribution is -2.29. The van der Waals surface area contributed by atoms with E-state index in [1.54, 1.807) is 13.2 Å². The van der Waals surface area contributed by atoms with E-state index >= 15 is 0 Å². The van der Waals surface area contributed by atoms with Crippen molar-refractivity contribution in [3.05, 3.63) is 58.4 Å². The Morgan fingerprint density at radius 1 is 0.938 bits per heavy atom. The van der Waals surface area contributed by atoms with Crippen molar-refractivity contribution >= 4 is 11.6 Å². The summed E-state index contributed by atoms with van der Waals surface area (Å²) in [5.74, 6) is 0.954. The van der Waals surface area contributed by atoms with Gasteiger partial charge in [0.2, 0.25) is 0 Å². The molecule has 0 saturated carbocycles. The first kappa shape index (κ1) is 26.4. The molecule has 0 aliphatic carbocycles. The Bertz CT molecular complexity index is 795. The Morgan fingerprint density at radius 3 is 2.31 bits per heavy atom. The smallest absolute Gasteiger partial charge is 0.161 e. The monoisotopic (exact) mass is 464 g/mol. The van der Waals surface area contributed by atoms with Gasteiger partial charge in [-0.2, -0.15) is 0 Å². The fourth-order valence-corrected chi connectivity index (χ4v) is 3.72. The van der Waals surface area contributed by atoms with Crippen molar-refractivity contribution in [1.29, 1.82) is 0 Å². The van der Waals surface area contributed by atoms with Crippen LogP contribution in [0.2, 0.25) is 5.02 Å². The minimum Gasteiger partial charge on any atom is -0.493 e. The van der Waals surface area contributed by atoms with Gasteiger partial charge in [-0.1, -0.05) is 50.4 Å². The molecule has 0 amide bonds. The summed E-state index contributed by atoms with van der Waals surface area (Å²) in [6, 6.07) is 10.2. The predicted octanol–water partition coefficient (Wildman–Crippen LogP) is 6.45. The van der Waals surface area contributed by atoms with Crippen LogP contribution in [0.25, 0.3) is 0 Å². The summed E-state index contributed by atoms with van der Waals surface area (Å²) >= 11 is 6.08. The Hall–Kier alpha value is -1.82. The molecular weight excluding hydrogens is 427 g/mol. The standard InChI is InChI=1S/C26H38ClFN2O2/c1-4-6-14-30(15-7-5-2)16-8-13-29-19-21-9-12-25(26(17-21)31-3)32-20-22-10-11-23(28)18-24(22)27/h9-12,17-18,29H,4-8,13-16,19-20H2,1-3H3. The van der Waals surface area contributed by atoms with Crippen LogP contribution in [0, 0.1) is 5.82 Å². The van der Waals surface area contributed by atoms with E-state index in [2.05, 4.69) is 24.1 Å². The molecular formula is C26H38ClFN2O2. The minimum absolute atomic E-state index is 0.250. The molecule has 0 saturated heterocycles. The third-order valence-corrected chi connectivity index (χ3v) is 5.79. The first-order chi connectivity index (χ1) is 15.6. The molecule has 0 bridgehead atoms. The van der Waals surface area contributed by atoms with Gasteiger partial charge in [-0.15, -0.1) is 0 Å². The van der Waals surface area contributed by atoms with Gasteiger partial charge >= 0.3 is 0 Å². The zero-order chi connectivity index (χ0) is 23.2. The summed E-state index contributed by atoms with van der Waals surface area (Å²) in [5.41, 5.74) is 1.87. The highest BCUT2D eigenvalue weighted by molar-refractivity contribution is 6.31. The van der Waals surface area contributed by atoms with Crippen molar-refractivity contribution in [1.82, 2.24) is 10.2 Å². The van der Waals surface area contributed by atoms with Crippen LogP contribution in [0.3, 0.4) is 0 Å². The Labute approximate surface area is 198 Å². The summed E-state index contributed by atoms with van der Waals surface area (Å²) < 4.78 is 24.6. The zero-order valence-corrected chi connectivity index (χ0v) is 20.5. The van der Waals surface area contributed by atoms with Gasteiger partial charge in [-0.05, 0) is 75.3 Å². The second-order valence-corrected chi connectivity index (χ2v) is 8.50. The van der Waals surface area contributed by atoms with Gasteiger partial charge < -0.3 is 19.7 Å². The van der Waals surface area contributed by atoms with Crippen LogP contribution >= 0.6 is 11.6 Å². The van der Waals surface area contributed by atoms with Gasteiger partial charge in [0.25, 0.3) is 0 Å². The van der Waals surface area contributed by atoms with Gasteiger partial charge in [0.15, 0.2) is 11.5 Å². The van der Waals surface area contributed by atoms with Gasteiger partial charge in [0.1, 0.15) is 12.4 Å². The number of rotatable bonds is 16. The summed E-state index contributed by atoms with van der Waals surface area (Å²) in [6.07, 6.45) is 6.19. The van der Waals surface area contributed by atoms with Crippen LogP contribution in [0.5, 0.6) is 11.5 Å². The maximum Gasteiger partial charge on any atom is 0.161 e. The lowest BCUT2D eigenvalue weighted by atomic mass is 10.2. The molecule has 0 unspecified atom stereocenters. The van der Waals surface area contributed by atoms with Gasteiger partial charge in [-0.25, -0.2) is 4.39 Å². The second kappa shape index (κ2) is 15.1. The number of methoxy groups -OCH3 is 1. The summed E-state index contributed by atoms with van der Waals surface area (Å²) in [4.78, 5) is 2.59. The number of benzene rings is 2. The maximum atomic E-state index is 13.2.